The number of rotatable bonds is 5. The number of nitrogens with one attached hydrogen (secondary N) is 3. The lowest BCUT2D eigenvalue weighted by Gasteiger charge is -2.13. The summed E-state index contributed by atoms with van der Waals surface area (Å²) < 4.78 is 10.5. The van der Waals surface area contributed by atoms with Crippen molar-refractivity contribution >= 4 is 40.5 Å². The summed E-state index contributed by atoms with van der Waals surface area (Å²) in [7, 11) is 1.60. The maximum atomic E-state index is 11.8. The van der Waals surface area contributed by atoms with Gasteiger partial charge >= 0.3 is 0 Å². The number of hydrogen-bond donors (Lipinski definition) is 3. The molecule has 3 N–H and O–H groups in total. The SMILES string of the molecule is COc1ccc(NC(=S)NNC(=O)COc2ccc(Cl)cc2C)cc1. The van der Waals surface area contributed by atoms with Crippen LogP contribution < -0.4 is 25.6 Å². The minimum Gasteiger partial charge on any atom is -0.497 e. The van der Waals surface area contributed by atoms with E-state index >= 15 is 0 Å². The number of thiocarbonyl (C=S) groups is 1. The Morgan fingerprint density at radius 1 is 1.16 bits per heavy atom. The highest BCUT2D eigenvalue weighted by Gasteiger charge is 2.06. The lowest BCUT2D eigenvalue weighted by atomic mass is 10.2. The van der Waals surface area contributed by atoms with Gasteiger partial charge in [0.2, 0.25) is 0 Å². The van der Waals surface area contributed by atoms with Gasteiger partial charge in [0.15, 0.2) is 11.7 Å². The van der Waals surface area contributed by atoms with Crippen LogP contribution in [0, 0.1) is 6.92 Å². The molecule has 0 aromatic heterocycles. The van der Waals surface area contributed by atoms with Gasteiger partial charge in [0.1, 0.15) is 11.5 Å². The third-order valence-electron chi connectivity index (χ3n) is 3.16. The molecule has 0 spiro atoms. The molecule has 0 unspecified atom stereocenters. The van der Waals surface area contributed by atoms with Gasteiger partial charge < -0.3 is 14.8 Å². The predicted octanol–water partition coefficient (Wildman–Crippen LogP) is 3.05. The molecule has 132 valence electrons. The average Bonchev–Trinajstić information content (AvgIpc) is 2.60. The van der Waals surface area contributed by atoms with Crippen molar-refractivity contribution in [3.05, 3.63) is 53.1 Å². The minimum atomic E-state index is -0.367. The van der Waals surface area contributed by atoms with Crippen LogP contribution in [-0.4, -0.2) is 24.7 Å². The zero-order valence-electron chi connectivity index (χ0n) is 13.8. The Bertz CT molecular complexity index is 753. The molecule has 0 heterocycles. The summed E-state index contributed by atoms with van der Waals surface area (Å²) in [5.74, 6) is 0.971. The Morgan fingerprint density at radius 2 is 1.88 bits per heavy atom. The predicted molar refractivity (Wildman–Crippen MR) is 102 cm³/mol. The second-order valence-electron chi connectivity index (χ2n) is 5.05. The molecule has 0 fully saturated rings. The molecule has 0 aliphatic carbocycles. The van der Waals surface area contributed by atoms with Crippen molar-refractivity contribution in [2.75, 3.05) is 19.0 Å². The van der Waals surface area contributed by atoms with Crippen molar-refractivity contribution in [2.24, 2.45) is 0 Å². The molecule has 1 amide bonds. The van der Waals surface area contributed by atoms with Crippen LogP contribution in [0.25, 0.3) is 0 Å². The number of carbonyl (C=O) groups is 1. The number of amides is 1. The monoisotopic (exact) mass is 379 g/mol. The quantitative estimate of drug-likeness (QED) is 0.548. The maximum Gasteiger partial charge on any atom is 0.276 e. The molecular weight excluding hydrogens is 362 g/mol. The summed E-state index contributed by atoms with van der Waals surface area (Å²) >= 11 is 11.0. The van der Waals surface area contributed by atoms with E-state index in [0.29, 0.717) is 10.8 Å². The van der Waals surface area contributed by atoms with Crippen LogP contribution >= 0.6 is 23.8 Å². The van der Waals surface area contributed by atoms with Gasteiger partial charge in [-0.2, -0.15) is 0 Å². The summed E-state index contributed by atoms with van der Waals surface area (Å²) in [6.45, 7) is 1.70. The number of hydrazine groups is 1. The summed E-state index contributed by atoms with van der Waals surface area (Å²) in [5, 5.41) is 3.80. The second kappa shape index (κ2) is 9.10. The number of anilines is 1. The molecule has 25 heavy (non-hydrogen) atoms. The van der Waals surface area contributed by atoms with Gasteiger partial charge in [-0.25, -0.2) is 0 Å². The first-order valence-electron chi connectivity index (χ1n) is 7.37. The minimum absolute atomic E-state index is 0.152. The standard InChI is InChI=1S/C17H18ClN3O3S/c1-11-9-12(18)3-8-15(11)24-10-16(22)20-21-17(25)19-13-4-6-14(23-2)7-5-13/h3-9H,10H2,1-2H3,(H,20,22)(H2,19,21,25). The largest absolute Gasteiger partial charge is 0.497 e. The van der Waals surface area contributed by atoms with Crippen LogP contribution in [-0.2, 0) is 4.79 Å². The fourth-order valence-corrected chi connectivity index (χ4v) is 2.31. The average molecular weight is 380 g/mol. The van der Waals surface area contributed by atoms with Crippen LogP contribution in [0.1, 0.15) is 5.56 Å². The van der Waals surface area contributed by atoms with Gasteiger partial charge in [0.05, 0.1) is 7.11 Å². The van der Waals surface area contributed by atoms with Gasteiger partial charge in [0, 0.05) is 10.7 Å². The third-order valence-corrected chi connectivity index (χ3v) is 3.60. The molecular formula is C17H18ClN3O3S. The molecule has 6 nitrogen and oxygen atoms in total. The fourth-order valence-electron chi connectivity index (χ4n) is 1.92. The Hall–Kier alpha value is -2.51. The lowest BCUT2D eigenvalue weighted by molar-refractivity contribution is -0.123. The highest BCUT2D eigenvalue weighted by atomic mass is 35.5. The fraction of sp³-hybridized carbons (Fsp3) is 0.176. The summed E-state index contributed by atoms with van der Waals surface area (Å²) in [5.41, 5.74) is 6.68. The van der Waals surface area contributed by atoms with E-state index in [4.69, 9.17) is 33.3 Å². The number of carbonyl (C=O) groups excluding carboxylic acids is 1. The van der Waals surface area contributed by atoms with Crippen LogP contribution in [0.2, 0.25) is 5.02 Å². The van der Waals surface area contributed by atoms with Crippen molar-refractivity contribution < 1.29 is 14.3 Å². The lowest BCUT2D eigenvalue weighted by Crippen LogP contribution is -2.45. The first kappa shape index (κ1) is 18.8. The van der Waals surface area contributed by atoms with Crippen LogP contribution in [0.4, 0.5) is 5.69 Å². The van der Waals surface area contributed by atoms with Gasteiger partial charge in [-0.05, 0) is 67.2 Å². The second-order valence-corrected chi connectivity index (χ2v) is 5.90. The Labute approximate surface area is 156 Å². The van der Waals surface area contributed by atoms with Gasteiger partial charge in [0.25, 0.3) is 5.91 Å². The van der Waals surface area contributed by atoms with Crippen molar-refractivity contribution in [1.29, 1.82) is 0 Å². The zero-order chi connectivity index (χ0) is 18.2. The van der Waals surface area contributed by atoms with Crippen LogP contribution in [0.3, 0.4) is 0 Å². The van der Waals surface area contributed by atoms with E-state index < -0.39 is 0 Å². The van der Waals surface area contributed by atoms with Gasteiger partial charge in [-0.3, -0.25) is 15.6 Å². The van der Waals surface area contributed by atoms with E-state index in [2.05, 4.69) is 16.2 Å². The van der Waals surface area contributed by atoms with E-state index in [0.717, 1.165) is 17.0 Å². The van der Waals surface area contributed by atoms with E-state index in [1.165, 1.54) is 0 Å². The molecule has 0 aliphatic rings. The summed E-state index contributed by atoms with van der Waals surface area (Å²) in [6.07, 6.45) is 0. The van der Waals surface area contributed by atoms with Crippen molar-refractivity contribution in [3.8, 4) is 11.5 Å². The maximum absolute atomic E-state index is 11.8. The topological polar surface area (TPSA) is 71.6 Å². The smallest absolute Gasteiger partial charge is 0.276 e. The molecule has 2 aromatic rings. The summed E-state index contributed by atoms with van der Waals surface area (Å²) in [4.78, 5) is 11.8. The van der Waals surface area contributed by atoms with Crippen LogP contribution in [0.15, 0.2) is 42.5 Å². The normalized spacial score (nSPS) is 9.88. The number of ether oxygens (including phenoxy) is 2. The Balaban J connectivity index is 1.74. The molecule has 0 radical (unpaired) electrons. The van der Waals surface area contributed by atoms with E-state index in [-0.39, 0.29) is 17.6 Å². The highest BCUT2D eigenvalue weighted by molar-refractivity contribution is 7.80. The Morgan fingerprint density at radius 3 is 2.52 bits per heavy atom. The number of aryl methyl sites for hydroxylation is 1. The highest BCUT2D eigenvalue weighted by Crippen LogP contribution is 2.21. The third kappa shape index (κ3) is 6.13. The molecule has 0 atom stereocenters. The molecule has 0 saturated carbocycles. The van der Waals surface area contributed by atoms with Gasteiger partial charge in [-0.1, -0.05) is 11.6 Å². The first-order chi connectivity index (χ1) is 12.0. The molecule has 2 aromatic carbocycles. The van der Waals surface area contributed by atoms with Crippen molar-refractivity contribution in [1.82, 2.24) is 10.9 Å². The van der Waals surface area contributed by atoms with E-state index in [9.17, 15) is 4.79 Å². The molecule has 0 aliphatic heterocycles. The van der Waals surface area contributed by atoms with E-state index in [1.807, 2.05) is 6.92 Å². The van der Waals surface area contributed by atoms with Crippen molar-refractivity contribution in [2.45, 2.75) is 6.92 Å². The molecule has 0 saturated heterocycles. The number of halogens is 1. The van der Waals surface area contributed by atoms with Gasteiger partial charge in [-0.15, -0.1) is 0 Å². The number of methoxy groups -OCH3 is 1. The van der Waals surface area contributed by atoms with Crippen molar-refractivity contribution in [3.63, 3.8) is 0 Å². The number of hydrogen-bond acceptors (Lipinski definition) is 4. The summed E-state index contributed by atoms with van der Waals surface area (Å²) in [6, 6.07) is 12.4. The number of benzene rings is 2. The van der Waals surface area contributed by atoms with Crippen LogP contribution in [0.5, 0.6) is 11.5 Å². The molecule has 0 bridgehead atoms. The van der Waals surface area contributed by atoms with E-state index in [1.54, 1.807) is 49.6 Å². The molecule has 2 rings (SSSR count). The molecule has 8 heteroatoms. The zero-order valence-corrected chi connectivity index (χ0v) is 15.3. The first-order valence-corrected chi connectivity index (χ1v) is 8.15. The Kier molecular flexibility index (Phi) is 6.85.